The van der Waals surface area contributed by atoms with Crippen LogP contribution in [0.25, 0.3) is 10.8 Å². The number of carbonyl (C=O) groups is 1. The van der Waals surface area contributed by atoms with Crippen molar-refractivity contribution in [3.8, 4) is 11.8 Å². The summed E-state index contributed by atoms with van der Waals surface area (Å²) in [4.78, 5) is 12.6. The third-order valence-electron chi connectivity index (χ3n) is 4.43. The van der Waals surface area contributed by atoms with Crippen molar-refractivity contribution < 1.29 is 9.53 Å². The standard InChI is InChI=1S/C22H26O2/c1-4-5-6-9-16-22(2,24-3)17-15-21(23)20-14-10-12-18-11-7-8-13-19(18)20/h7-8,10-14H,4-6,9,16H2,1-3H3. The first-order valence-electron chi connectivity index (χ1n) is 8.70. The Kier molecular flexibility index (Phi) is 6.58. The van der Waals surface area contributed by atoms with Gasteiger partial charge in [0.15, 0.2) is 0 Å². The number of hydrogen-bond donors (Lipinski definition) is 0. The van der Waals surface area contributed by atoms with Crippen molar-refractivity contribution in [1.82, 2.24) is 0 Å². The van der Waals surface area contributed by atoms with Gasteiger partial charge in [-0.25, -0.2) is 0 Å². The Bertz CT molecular complexity index is 746. The largest absolute Gasteiger partial charge is 0.366 e. The molecule has 2 rings (SSSR count). The van der Waals surface area contributed by atoms with E-state index in [1.165, 1.54) is 19.3 Å². The highest BCUT2D eigenvalue weighted by Gasteiger charge is 2.20. The molecule has 0 heterocycles. The number of methoxy groups -OCH3 is 1. The highest BCUT2D eigenvalue weighted by molar-refractivity contribution is 6.16. The molecule has 0 saturated heterocycles. The Hall–Kier alpha value is -2.11. The van der Waals surface area contributed by atoms with Crippen LogP contribution in [0.1, 0.15) is 56.3 Å². The molecule has 0 amide bonds. The lowest BCUT2D eigenvalue weighted by Crippen LogP contribution is -2.25. The predicted octanol–water partition coefficient (Wildman–Crippen LogP) is 5.40. The van der Waals surface area contributed by atoms with Gasteiger partial charge in [0.25, 0.3) is 0 Å². The molecule has 0 spiro atoms. The summed E-state index contributed by atoms with van der Waals surface area (Å²) >= 11 is 0. The second-order valence-corrected chi connectivity index (χ2v) is 6.35. The maximum absolute atomic E-state index is 12.6. The molecule has 2 heteroatoms. The summed E-state index contributed by atoms with van der Waals surface area (Å²) in [6, 6.07) is 13.6. The van der Waals surface area contributed by atoms with Crippen molar-refractivity contribution in [1.29, 1.82) is 0 Å². The lowest BCUT2D eigenvalue weighted by atomic mass is 9.97. The second-order valence-electron chi connectivity index (χ2n) is 6.35. The molecule has 0 saturated carbocycles. The van der Waals surface area contributed by atoms with Gasteiger partial charge in [0.1, 0.15) is 5.60 Å². The first-order valence-corrected chi connectivity index (χ1v) is 8.70. The van der Waals surface area contributed by atoms with Crippen LogP contribution in [0.2, 0.25) is 0 Å². The van der Waals surface area contributed by atoms with Crippen molar-refractivity contribution in [2.24, 2.45) is 0 Å². The van der Waals surface area contributed by atoms with Crippen molar-refractivity contribution in [3.05, 3.63) is 48.0 Å². The van der Waals surface area contributed by atoms with Crippen LogP contribution in [-0.4, -0.2) is 18.5 Å². The summed E-state index contributed by atoms with van der Waals surface area (Å²) in [6.07, 6.45) is 5.51. The van der Waals surface area contributed by atoms with Crippen LogP contribution in [0, 0.1) is 11.8 Å². The van der Waals surface area contributed by atoms with Gasteiger partial charge < -0.3 is 4.74 Å². The average molecular weight is 322 g/mol. The minimum Gasteiger partial charge on any atom is -0.366 e. The SMILES string of the molecule is CCCCCCC(C)(C#CC(=O)c1cccc2ccccc12)OC. The predicted molar refractivity (Wildman–Crippen MR) is 100 cm³/mol. The molecular weight excluding hydrogens is 296 g/mol. The number of hydrogen-bond acceptors (Lipinski definition) is 2. The number of Topliss-reactive ketones (excluding diaryl/α,β-unsaturated/α-hetero) is 1. The van der Waals surface area contributed by atoms with E-state index < -0.39 is 5.60 Å². The molecule has 1 unspecified atom stereocenters. The van der Waals surface area contributed by atoms with Gasteiger partial charge in [0, 0.05) is 12.7 Å². The van der Waals surface area contributed by atoms with Crippen LogP contribution in [0.5, 0.6) is 0 Å². The summed E-state index contributed by atoms with van der Waals surface area (Å²) in [5, 5.41) is 2.00. The zero-order valence-electron chi connectivity index (χ0n) is 14.9. The molecular formula is C22H26O2. The van der Waals surface area contributed by atoms with Crippen molar-refractivity contribution in [3.63, 3.8) is 0 Å². The Balaban J connectivity index is 2.17. The van der Waals surface area contributed by atoms with E-state index in [0.717, 1.165) is 23.6 Å². The van der Waals surface area contributed by atoms with Gasteiger partial charge in [-0.2, -0.15) is 0 Å². The molecule has 0 N–H and O–H groups in total. The summed E-state index contributed by atoms with van der Waals surface area (Å²) < 4.78 is 5.57. The van der Waals surface area contributed by atoms with Crippen molar-refractivity contribution >= 4 is 16.6 Å². The fraction of sp³-hybridized carbons (Fsp3) is 0.409. The van der Waals surface area contributed by atoms with Crippen LogP contribution in [0.3, 0.4) is 0 Å². The summed E-state index contributed by atoms with van der Waals surface area (Å²) in [5.74, 6) is 5.72. The van der Waals surface area contributed by atoms with E-state index in [1.54, 1.807) is 7.11 Å². The van der Waals surface area contributed by atoms with Gasteiger partial charge in [-0.15, -0.1) is 0 Å². The number of unbranched alkanes of at least 4 members (excludes halogenated alkanes) is 3. The summed E-state index contributed by atoms with van der Waals surface area (Å²) in [6.45, 7) is 4.15. The highest BCUT2D eigenvalue weighted by Crippen LogP contribution is 2.20. The molecule has 0 fully saturated rings. The third kappa shape index (κ3) is 4.69. The molecule has 2 nitrogen and oxygen atoms in total. The number of ether oxygens (including phenoxy) is 1. The Morgan fingerprint density at radius 3 is 2.58 bits per heavy atom. The normalized spacial score (nSPS) is 13.1. The Morgan fingerprint density at radius 1 is 1.08 bits per heavy atom. The van der Waals surface area contributed by atoms with Gasteiger partial charge in [0.2, 0.25) is 5.78 Å². The fourth-order valence-corrected chi connectivity index (χ4v) is 2.78. The molecule has 0 bridgehead atoms. The van der Waals surface area contributed by atoms with E-state index in [9.17, 15) is 4.79 Å². The lowest BCUT2D eigenvalue weighted by molar-refractivity contribution is 0.0475. The molecule has 0 radical (unpaired) electrons. The molecule has 0 aromatic heterocycles. The molecule has 24 heavy (non-hydrogen) atoms. The van der Waals surface area contributed by atoms with E-state index in [2.05, 4.69) is 18.8 Å². The van der Waals surface area contributed by atoms with Gasteiger partial charge in [-0.1, -0.05) is 68.5 Å². The molecule has 0 aliphatic heterocycles. The van der Waals surface area contributed by atoms with Crippen molar-refractivity contribution in [2.75, 3.05) is 7.11 Å². The van der Waals surface area contributed by atoms with Crippen LogP contribution in [0.4, 0.5) is 0 Å². The van der Waals surface area contributed by atoms with Crippen LogP contribution < -0.4 is 0 Å². The van der Waals surface area contributed by atoms with E-state index >= 15 is 0 Å². The summed E-state index contributed by atoms with van der Waals surface area (Å²) in [5.41, 5.74) is 0.0959. The monoisotopic (exact) mass is 322 g/mol. The van der Waals surface area contributed by atoms with E-state index in [1.807, 2.05) is 49.4 Å². The average Bonchev–Trinajstić information content (AvgIpc) is 2.63. The number of fused-ring (bicyclic) bond motifs is 1. The maximum Gasteiger partial charge on any atom is 0.236 e. The van der Waals surface area contributed by atoms with Gasteiger partial charge in [-0.3, -0.25) is 4.79 Å². The molecule has 0 aliphatic rings. The van der Waals surface area contributed by atoms with Gasteiger partial charge in [-0.05, 0) is 42.5 Å². The smallest absolute Gasteiger partial charge is 0.236 e. The number of ketones is 1. The topological polar surface area (TPSA) is 26.3 Å². The zero-order chi connectivity index (χ0) is 17.4. The van der Waals surface area contributed by atoms with Gasteiger partial charge >= 0.3 is 0 Å². The maximum atomic E-state index is 12.6. The minimum absolute atomic E-state index is 0.149. The molecule has 2 aromatic carbocycles. The van der Waals surface area contributed by atoms with Crippen LogP contribution >= 0.6 is 0 Å². The summed E-state index contributed by atoms with van der Waals surface area (Å²) in [7, 11) is 1.66. The molecule has 0 aliphatic carbocycles. The zero-order valence-corrected chi connectivity index (χ0v) is 14.9. The lowest BCUT2D eigenvalue weighted by Gasteiger charge is -2.21. The minimum atomic E-state index is -0.562. The molecule has 1 atom stereocenters. The van der Waals surface area contributed by atoms with E-state index in [0.29, 0.717) is 5.56 Å². The van der Waals surface area contributed by atoms with Crippen LogP contribution in [0.15, 0.2) is 42.5 Å². The first-order chi connectivity index (χ1) is 11.6. The second kappa shape index (κ2) is 8.66. The Labute approximate surface area is 145 Å². The molecule has 126 valence electrons. The number of carbonyl (C=O) groups excluding carboxylic acids is 1. The quantitative estimate of drug-likeness (QED) is 0.295. The van der Waals surface area contributed by atoms with Crippen LogP contribution in [-0.2, 0) is 4.74 Å². The molecule has 2 aromatic rings. The fourth-order valence-electron chi connectivity index (χ4n) is 2.78. The van der Waals surface area contributed by atoms with Gasteiger partial charge in [0.05, 0.1) is 0 Å². The van der Waals surface area contributed by atoms with E-state index in [-0.39, 0.29) is 5.78 Å². The highest BCUT2D eigenvalue weighted by atomic mass is 16.5. The first kappa shape index (κ1) is 18.2. The van der Waals surface area contributed by atoms with Crippen molar-refractivity contribution in [2.45, 2.75) is 51.6 Å². The Morgan fingerprint density at radius 2 is 1.83 bits per heavy atom. The third-order valence-corrected chi connectivity index (χ3v) is 4.43. The number of rotatable bonds is 7. The van der Waals surface area contributed by atoms with E-state index in [4.69, 9.17) is 4.74 Å². The number of benzene rings is 2.